The van der Waals surface area contributed by atoms with E-state index in [4.69, 9.17) is 0 Å². The van der Waals surface area contributed by atoms with Crippen molar-refractivity contribution in [2.75, 3.05) is 19.6 Å². The lowest BCUT2D eigenvalue weighted by atomic mass is 9.93. The normalized spacial score (nSPS) is 16.4. The van der Waals surface area contributed by atoms with E-state index in [2.05, 4.69) is 10.2 Å². The van der Waals surface area contributed by atoms with Gasteiger partial charge in [-0.2, -0.15) is 18.3 Å². The Labute approximate surface area is 131 Å². The number of likely N-dealkylation sites (tertiary alicyclic amines) is 1. The summed E-state index contributed by atoms with van der Waals surface area (Å²) in [5, 5.41) is 8.28. The molecule has 0 aliphatic carbocycles. The third kappa shape index (κ3) is 4.70. The lowest BCUT2D eigenvalue weighted by molar-refractivity contribution is -0.131. The topological polar surface area (TPSA) is 78.1 Å². The number of piperidine rings is 1. The van der Waals surface area contributed by atoms with Crippen molar-refractivity contribution in [3.63, 3.8) is 0 Å². The zero-order valence-electron chi connectivity index (χ0n) is 12.7. The number of hydrogen-bond donors (Lipinski definition) is 2. The highest BCUT2D eigenvalue weighted by molar-refractivity contribution is 5.92. The van der Waals surface area contributed by atoms with Crippen LogP contribution in [0, 0.1) is 0 Å². The van der Waals surface area contributed by atoms with E-state index in [9.17, 15) is 22.8 Å². The molecule has 1 saturated heterocycles. The summed E-state index contributed by atoms with van der Waals surface area (Å²) < 4.78 is 36.3. The Morgan fingerprint density at radius 3 is 2.61 bits per heavy atom. The number of hydrogen-bond acceptors (Lipinski definition) is 3. The van der Waals surface area contributed by atoms with Gasteiger partial charge in [0.05, 0.1) is 0 Å². The lowest BCUT2D eigenvalue weighted by Crippen LogP contribution is -2.37. The summed E-state index contributed by atoms with van der Waals surface area (Å²) >= 11 is 0. The number of nitrogens with zero attached hydrogens (tertiary/aromatic N) is 2. The van der Waals surface area contributed by atoms with Crippen molar-refractivity contribution < 1.29 is 22.8 Å². The van der Waals surface area contributed by atoms with Crippen molar-refractivity contribution in [1.29, 1.82) is 0 Å². The number of carbonyl (C=O) groups is 2. The van der Waals surface area contributed by atoms with Gasteiger partial charge in [0.25, 0.3) is 5.91 Å². The van der Waals surface area contributed by atoms with Crippen molar-refractivity contribution in [1.82, 2.24) is 20.4 Å². The molecule has 1 aromatic rings. The quantitative estimate of drug-likeness (QED) is 0.883. The summed E-state index contributed by atoms with van der Waals surface area (Å²) in [6.07, 6.45) is -2.51. The number of halogens is 3. The van der Waals surface area contributed by atoms with Gasteiger partial charge in [-0.15, -0.1) is 0 Å². The summed E-state index contributed by atoms with van der Waals surface area (Å²) in [6.45, 7) is 1.69. The first-order chi connectivity index (χ1) is 10.8. The highest BCUT2D eigenvalue weighted by Crippen LogP contribution is 2.27. The van der Waals surface area contributed by atoms with Crippen molar-refractivity contribution in [2.45, 2.75) is 38.3 Å². The van der Waals surface area contributed by atoms with Crippen molar-refractivity contribution in [3.8, 4) is 0 Å². The second kappa shape index (κ2) is 7.01. The van der Waals surface area contributed by atoms with E-state index in [1.807, 2.05) is 6.92 Å². The summed E-state index contributed by atoms with van der Waals surface area (Å²) in [5.41, 5.74) is 0.655. The van der Waals surface area contributed by atoms with E-state index in [1.165, 1.54) is 6.07 Å². The summed E-state index contributed by atoms with van der Waals surface area (Å²) in [6, 6.07) is 1.48. The number of carbonyl (C=O) groups excluding carboxylic acids is 2. The Balaban J connectivity index is 1.90. The van der Waals surface area contributed by atoms with E-state index < -0.39 is 18.6 Å². The van der Waals surface area contributed by atoms with Crippen LogP contribution in [0.2, 0.25) is 0 Å². The third-order valence-corrected chi connectivity index (χ3v) is 3.87. The smallest absolute Gasteiger partial charge is 0.343 e. The average molecular weight is 332 g/mol. The zero-order valence-corrected chi connectivity index (χ0v) is 12.7. The molecule has 0 unspecified atom stereocenters. The average Bonchev–Trinajstić information content (AvgIpc) is 3.01. The first-order valence-electron chi connectivity index (χ1n) is 7.48. The highest BCUT2D eigenvalue weighted by atomic mass is 19.4. The predicted molar refractivity (Wildman–Crippen MR) is 75.8 cm³/mol. The molecule has 6 nitrogen and oxygen atoms in total. The van der Waals surface area contributed by atoms with Gasteiger partial charge in [-0.05, 0) is 18.9 Å². The van der Waals surface area contributed by atoms with Gasteiger partial charge in [-0.1, -0.05) is 6.92 Å². The molecule has 0 spiro atoms. The minimum absolute atomic E-state index is 0.0590. The number of nitrogens with one attached hydrogen (secondary N) is 2. The molecule has 23 heavy (non-hydrogen) atoms. The Morgan fingerprint density at radius 2 is 2.04 bits per heavy atom. The van der Waals surface area contributed by atoms with Crippen LogP contribution in [0.1, 0.15) is 48.3 Å². The van der Waals surface area contributed by atoms with Crippen LogP contribution in [0.3, 0.4) is 0 Å². The number of aromatic nitrogens is 2. The molecule has 0 bridgehead atoms. The third-order valence-electron chi connectivity index (χ3n) is 3.87. The highest BCUT2D eigenvalue weighted by Gasteiger charge is 2.29. The maximum absolute atomic E-state index is 12.1. The van der Waals surface area contributed by atoms with Crippen LogP contribution in [0.4, 0.5) is 13.2 Å². The van der Waals surface area contributed by atoms with Crippen molar-refractivity contribution in [2.24, 2.45) is 0 Å². The van der Waals surface area contributed by atoms with Gasteiger partial charge < -0.3 is 10.2 Å². The molecule has 1 aliphatic rings. The minimum Gasteiger partial charge on any atom is -0.343 e. The predicted octanol–water partition coefficient (Wildman–Crippen LogP) is 1.82. The first kappa shape index (κ1) is 17.3. The van der Waals surface area contributed by atoms with E-state index >= 15 is 0 Å². The Bertz CT molecular complexity index is 563. The van der Waals surface area contributed by atoms with Crippen LogP contribution >= 0.6 is 0 Å². The van der Waals surface area contributed by atoms with E-state index in [-0.39, 0.29) is 17.5 Å². The molecule has 1 aromatic heterocycles. The molecule has 2 rings (SSSR count). The Hall–Kier alpha value is -2.06. The van der Waals surface area contributed by atoms with Crippen molar-refractivity contribution in [3.05, 3.63) is 17.5 Å². The van der Waals surface area contributed by atoms with Crippen LogP contribution in [0.5, 0.6) is 0 Å². The molecule has 1 fully saturated rings. The summed E-state index contributed by atoms with van der Waals surface area (Å²) in [7, 11) is 0. The molecule has 0 atom stereocenters. The molecule has 0 saturated carbocycles. The van der Waals surface area contributed by atoms with Gasteiger partial charge in [-0.25, -0.2) is 0 Å². The maximum atomic E-state index is 12.1. The lowest BCUT2D eigenvalue weighted by Gasteiger charge is -2.31. The molecule has 0 radical (unpaired) electrons. The van der Waals surface area contributed by atoms with Gasteiger partial charge in [0.2, 0.25) is 5.91 Å². The Kier molecular flexibility index (Phi) is 5.27. The molecular weight excluding hydrogens is 313 g/mol. The van der Waals surface area contributed by atoms with Crippen LogP contribution in [-0.2, 0) is 4.79 Å². The second-order valence-electron chi connectivity index (χ2n) is 5.51. The first-order valence-corrected chi connectivity index (χ1v) is 7.48. The van der Waals surface area contributed by atoms with Crippen molar-refractivity contribution >= 4 is 11.8 Å². The number of H-pyrrole nitrogens is 1. The molecular formula is C14H19F3N4O2. The Morgan fingerprint density at radius 1 is 1.39 bits per heavy atom. The molecule has 9 heteroatoms. The summed E-state index contributed by atoms with van der Waals surface area (Å²) in [5.74, 6) is -0.628. The maximum Gasteiger partial charge on any atom is 0.405 e. The molecule has 0 aromatic carbocycles. The largest absolute Gasteiger partial charge is 0.405 e. The van der Waals surface area contributed by atoms with E-state index in [0.717, 1.165) is 12.8 Å². The van der Waals surface area contributed by atoms with E-state index in [0.29, 0.717) is 25.2 Å². The van der Waals surface area contributed by atoms with Gasteiger partial charge in [0.15, 0.2) is 0 Å². The molecule has 2 amide bonds. The fraction of sp³-hybridized carbons (Fsp3) is 0.643. The number of amides is 2. The standard InChI is InChI=1S/C14H19F3N4O2/c1-2-12(22)21-5-3-9(4-6-21)10-7-11(20-19-10)13(23)18-8-14(15,16)17/h7,9H,2-6,8H2,1H3,(H,18,23)(H,19,20). The van der Waals surface area contributed by atoms with Gasteiger partial charge in [0.1, 0.15) is 12.2 Å². The molecule has 1 aliphatic heterocycles. The van der Waals surface area contributed by atoms with Gasteiger partial charge >= 0.3 is 6.18 Å². The SMILES string of the molecule is CCC(=O)N1CCC(c2cc(C(=O)NCC(F)(F)F)n[nH]2)CC1. The van der Waals surface area contributed by atoms with Crippen LogP contribution in [-0.4, -0.2) is 52.7 Å². The second-order valence-corrected chi connectivity index (χ2v) is 5.51. The minimum atomic E-state index is -4.45. The van der Waals surface area contributed by atoms with Gasteiger partial charge in [0, 0.05) is 31.1 Å². The summed E-state index contributed by atoms with van der Waals surface area (Å²) in [4.78, 5) is 25.0. The van der Waals surface area contributed by atoms with Gasteiger partial charge in [-0.3, -0.25) is 14.7 Å². The monoisotopic (exact) mass is 332 g/mol. The fourth-order valence-electron chi connectivity index (χ4n) is 2.60. The molecule has 2 N–H and O–H groups in total. The van der Waals surface area contributed by atoms with Crippen LogP contribution in [0.15, 0.2) is 6.07 Å². The number of alkyl halides is 3. The van der Waals surface area contributed by atoms with Crippen LogP contribution < -0.4 is 5.32 Å². The fourth-order valence-corrected chi connectivity index (χ4v) is 2.60. The number of rotatable bonds is 4. The molecule has 2 heterocycles. The number of aromatic amines is 1. The zero-order chi connectivity index (χ0) is 17.0. The molecule has 128 valence electrons. The van der Waals surface area contributed by atoms with Crippen LogP contribution in [0.25, 0.3) is 0 Å². The van der Waals surface area contributed by atoms with E-state index in [1.54, 1.807) is 10.2 Å².